The molecule has 0 radical (unpaired) electrons. The monoisotopic (exact) mass is 418 g/mol. The van der Waals surface area contributed by atoms with Gasteiger partial charge in [-0.1, -0.05) is 68.1 Å². The lowest BCUT2D eigenvalue weighted by atomic mass is 10.0. The van der Waals surface area contributed by atoms with E-state index < -0.39 is 0 Å². The summed E-state index contributed by atoms with van der Waals surface area (Å²) in [7, 11) is 0. The van der Waals surface area contributed by atoms with E-state index in [0.29, 0.717) is 32.0 Å². The van der Waals surface area contributed by atoms with Crippen LogP contribution in [0.4, 0.5) is 4.39 Å². The summed E-state index contributed by atoms with van der Waals surface area (Å²) in [5.74, 6) is 0.716. The van der Waals surface area contributed by atoms with Gasteiger partial charge in [0.25, 0.3) is 0 Å². The van der Waals surface area contributed by atoms with Gasteiger partial charge in [-0.05, 0) is 47.7 Å². The summed E-state index contributed by atoms with van der Waals surface area (Å²) in [6.07, 6.45) is 8.81. The van der Waals surface area contributed by atoms with Crippen LogP contribution in [0.1, 0.15) is 55.3 Å². The molecular formula is C27H31FN2O. The summed E-state index contributed by atoms with van der Waals surface area (Å²) in [5, 5.41) is 0. The molecule has 3 aromatic rings. The second-order valence-corrected chi connectivity index (χ2v) is 8.68. The van der Waals surface area contributed by atoms with Crippen molar-refractivity contribution >= 4 is 5.91 Å². The molecule has 0 atom stereocenters. The van der Waals surface area contributed by atoms with E-state index in [-0.39, 0.29) is 11.7 Å². The van der Waals surface area contributed by atoms with Gasteiger partial charge in [0.2, 0.25) is 5.91 Å². The lowest BCUT2D eigenvalue weighted by Crippen LogP contribution is -2.31. The fourth-order valence-electron chi connectivity index (χ4n) is 4.55. The minimum Gasteiger partial charge on any atom is -0.345 e. The summed E-state index contributed by atoms with van der Waals surface area (Å²) in [6, 6.07) is 20.9. The number of aromatic nitrogens is 1. The van der Waals surface area contributed by atoms with Gasteiger partial charge in [-0.3, -0.25) is 4.79 Å². The molecule has 0 unspecified atom stereocenters. The number of nitrogens with zero attached hydrogens (tertiary/aromatic N) is 2. The Morgan fingerprint density at radius 2 is 1.65 bits per heavy atom. The molecule has 1 aliphatic rings. The van der Waals surface area contributed by atoms with Crippen molar-refractivity contribution < 1.29 is 9.18 Å². The molecule has 1 amide bonds. The molecule has 2 aromatic carbocycles. The van der Waals surface area contributed by atoms with Gasteiger partial charge < -0.3 is 9.47 Å². The fraction of sp³-hybridized carbons (Fsp3) is 0.370. The van der Waals surface area contributed by atoms with Crippen molar-refractivity contribution in [2.24, 2.45) is 5.92 Å². The van der Waals surface area contributed by atoms with Crippen molar-refractivity contribution in [1.29, 1.82) is 0 Å². The molecule has 31 heavy (non-hydrogen) atoms. The molecule has 3 nitrogen and oxygen atoms in total. The first kappa shape index (κ1) is 21.4. The van der Waals surface area contributed by atoms with Gasteiger partial charge in [-0.25, -0.2) is 4.39 Å². The van der Waals surface area contributed by atoms with Gasteiger partial charge in [-0.2, -0.15) is 0 Å². The molecule has 0 saturated heterocycles. The van der Waals surface area contributed by atoms with Crippen LogP contribution >= 0.6 is 0 Å². The lowest BCUT2D eigenvalue weighted by Gasteiger charge is -2.24. The topological polar surface area (TPSA) is 25.2 Å². The van der Waals surface area contributed by atoms with Crippen LogP contribution < -0.4 is 0 Å². The number of amides is 1. The highest BCUT2D eigenvalue weighted by Crippen LogP contribution is 2.29. The highest BCUT2D eigenvalue weighted by Gasteiger charge is 2.20. The van der Waals surface area contributed by atoms with Crippen LogP contribution in [0.3, 0.4) is 0 Å². The maximum absolute atomic E-state index is 13.2. The average Bonchev–Trinajstić information content (AvgIpc) is 3.46. The van der Waals surface area contributed by atoms with Gasteiger partial charge in [0.05, 0.1) is 6.54 Å². The molecule has 1 saturated carbocycles. The maximum atomic E-state index is 13.2. The van der Waals surface area contributed by atoms with E-state index in [4.69, 9.17) is 0 Å². The second-order valence-electron chi connectivity index (χ2n) is 8.68. The third-order valence-electron chi connectivity index (χ3n) is 6.35. The zero-order valence-electron chi connectivity index (χ0n) is 18.1. The van der Waals surface area contributed by atoms with Crippen LogP contribution in [-0.2, 0) is 24.4 Å². The standard InChI is InChI=1S/C27H31FN2O/c28-25-15-12-24(13-16-25)19-29-18-6-11-26(29)21-30(20-23-9-2-1-3-10-23)27(31)17-14-22-7-4-5-8-22/h1-3,6,9-13,15-16,18,22H,4-5,7-8,14,17,19-21H2. The van der Waals surface area contributed by atoms with Crippen molar-refractivity contribution in [3.63, 3.8) is 0 Å². The van der Waals surface area contributed by atoms with Crippen LogP contribution in [-0.4, -0.2) is 15.4 Å². The second kappa shape index (κ2) is 10.4. The molecule has 162 valence electrons. The Balaban J connectivity index is 1.46. The van der Waals surface area contributed by atoms with Crippen LogP contribution in [0.15, 0.2) is 72.9 Å². The first-order valence-corrected chi connectivity index (χ1v) is 11.4. The van der Waals surface area contributed by atoms with Crippen molar-refractivity contribution in [3.05, 3.63) is 95.6 Å². The molecule has 1 aliphatic carbocycles. The van der Waals surface area contributed by atoms with Crippen LogP contribution in [0.5, 0.6) is 0 Å². The Morgan fingerprint density at radius 1 is 0.903 bits per heavy atom. The molecule has 1 heterocycles. The van der Waals surface area contributed by atoms with Crippen molar-refractivity contribution in [1.82, 2.24) is 9.47 Å². The van der Waals surface area contributed by atoms with Crippen LogP contribution in [0.25, 0.3) is 0 Å². The van der Waals surface area contributed by atoms with Gasteiger partial charge in [0, 0.05) is 31.4 Å². The Labute approximate surface area is 184 Å². The smallest absolute Gasteiger partial charge is 0.223 e. The quantitative estimate of drug-likeness (QED) is 0.408. The van der Waals surface area contributed by atoms with Gasteiger partial charge in [0.15, 0.2) is 0 Å². The van der Waals surface area contributed by atoms with Crippen molar-refractivity contribution in [2.75, 3.05) is 0 Å². The number of benzene rings is 2. The number of hydrogen-bond acceptors (Lipinski definition) is 1. The predicted octanol–water partition coefficient (Wildman–Crippen LogP) is 6.17. The molecule has 4 rings (SSSR count). The molecule has 0 aliphatic heterocycles. The summed E-state index contributed by atoms with van der Waals surface area (Å²) in [6.45, 7) is 1.86. The average molecular weight is 419 g/mol. The van der Waals surface area contributed by atoms with E-state index in [1.54, 1.807) is 0 Å². The van der Waals surface area contributed by atoms with E-state index in [2.05, 4.69) is 22.8 Å². The molecule has 1 fully saturated rings. The Bertz CT molecular complexity index is 958. The van der Waals surface area contributed by atoms with E-state index in [1.807, 2.05) is 47.5 Å². The van der Waals surface area contributed by atoms with Crippen molar-refractivity contribution in [2.45, 2.75) is 58.2 Å². The van der Waals surface area contributed by atoms with E-state index in [1.165, 1.54) is 37.8 Å². The zero-order chi connectivity index (χ0) is 21.5. The third-order valence-corrected chi connectivity index (χ3v) is 6.35. The first-order chi connectivity index (χ1) is 15.2. The maximum Gasteiger partial charge on any atom is 0.223 e. The molecule has 1 aromatic heterocycles. The SMILES string of the molecule is O=C(CCC1CCCC1)N(Cc1ccccc1)Cc1cccn1Cc1ccc(F)cc1. The summed E-state index contributed by atoms with van der Waals surface area (Å²) < 4.78 is 15.4. The normalized spacial score (nSPS) is 14.1. The molecular weight excluding hydrogens is 387 g/mol. The van der Waals surface area contributed by atoms with Crippen LogP contribution in [0.2, 0.25) is 0 Å². The van der Waals surface area contributed by atoms with E-state index >= 15 is 0 Å². The molecule has 0 N–H and O–H groups in total. The number of rotatable bonds is 9. The molecule has 0 spiro atoms. The highest BCUT2D eigenvalue weighted by atomic mass is 19.1. The minimum atomic E-state index is -0.224. The van der Waals surface area contributed by atoms with E-state index in [0.717, 1.165) is 23.2 Å². The number of carbonyl (C=O) groups excluding carboxylic acids is 1. The van der Waals surface area contributed by atoms with Gasteiger partial charge >= 0.3 is 0 Å². The summed E-state index contributed by atoms with van der Waals surface area (Å²) >= 11 is 0. The largest absolute Gasteiger partial charge is 0.345 e. The first-order valence-electron chi connectivity index (χ1n) is 11.4. The third kappa shape index (κ3) is 6.06. The number of halogens is 1. The van der Waals surface area contributed by atoms with Crippen LogP contribution in [0, 0.1) is 11.7 Å². The molecule has 0 bridgehead atoms. The fourth-order valence-corrected chi connectivity index (χ4v) is 4.55. The van der Waals surface area contributed by atoms with Gasteiger partial charge in [0.1, 0.15) is 5.82 Å². The Hall–Kier alpha value is -2.88. The number of hydrogen-bond donors (Lipinski definition) is 0. The van der Waals surface area contributed by atoms with Crippen molar-refractivity contribution in [3.8, 4) is 0 Å². The minimum absolute atomic E-state index is 0.224. The number of carbonyl (C=O) groups is 1. The molecule has 4 heteroatoms. The Kier molecular flexibility index (Phi) is 7.18. The van der Waals surface area contributed by atoms with E-state index in [9.17, 15) is 9.18 Å². The zero-order valence-corrected chi connectivity index (χ0v) is 18.1. The Morgan fingerprint density at radius 3 is 2.39 bits per heavy atom. The summed E-state index contributed by atoms with van der Waals surface area (Å²) in [5.41, 5.74) is 3.28. The highest BCUT2D eigenvalue weighted by molar-refractivity contribution is 5.76. The lowest BCUT2D eigenvalue weighted by molar-refractivity contribution is -0.132. The predicted molar refractivity (Wildman–Crippen MR) is 122 cm³/mol. The van der Waals surface area contributed by atoms with Gasteiger partial charge in [-0.15, -0.1) is 0 Å². The summed E-state index contributed by atoms with van der Waals surface area (Å²) in [4.78, 5) is 15.2.